The maximum Gasteiger partial charge on any atom is 0.411 e. The predicted molar refractivity (Wildman–Crippen MR) is 61.6 cm³/mol. The molecule has 1 unspecified atom stereocenters. The van der Waals surface area contributed by atoms with Crippen LogP contribution in [0.15, 0.2) is 24.3 Å². The molecule has 0 saturated carbocycles. The van der Waals surface area contributed by atoms with E-state index in [1.165, 1.54) is 4.90 Å². The predicted octanol–water partition coefficient (Wildman–Crippen LogP) is 3.31. The average molecular weight is 207 g/mol. The molecule has 0 aromatic heterocycles. The lowest BCUT2D eigenvalue weighted by Crippen LogP contribution is -2.25. The van der Waals surface area contributed by atoms with Crippen LogP contribution in [0.4, 0.5) is 10.5 Å². The zero-order valence-corrected chi connectivity index (χ0v) is 9.40. The molecule has 15 heavy (non-hydrogen) atoms. The molecule has 0 heterocycles. The highest BCUT2D eigenvalue weighted by molar-refractivity contribution is 5.86. The summed E-state index contributed by atoms with van der Waals surface area (Å²) in [6.45, 7) is 4.21. The molecule has 0 bridgehead atoms. The SMILES string of the molecule is CCC(C)c1ccccc1N(C)C(=O)O. The standard InChI is InChI=1S/C12H17NO2/c1-4-9(2)10-7-5-6-8-11(10)13(3)12(14)15/h5-9H,4H2,1-3H3,(H,14,15). The molecule has 1 aromatic carbocycles. The van der Waals surface area contributed by atoms with E-state index in [0.29, 0.717) is 5.92 Å². The second kappa shape index (κ2) is 4.82. The zero-order valence-electron chi connectivity index (χ0n) is 9.40. The Morgan fingerprint density at radius 2 is 2.07 bits per heavy atom. The highest BCUT2D eigenvalue weighted by atomic mass is 16.4. The van der Waals surface area contributed by atoms with Crippen LogP contribution in [-0.2, 0) is 0 Å². The normalized spacial score (nSPS) is 12.2. The Morgan fingerprint density at radius 3 is 2.60 bits per heavy atom. The van der Waals surface area contributed by atoms with Gasteiger partial charge < -0.3 is 5.11 Å². The second-order valence-corrected chi connectivity index (χ2v) is 3.71. The summed E-state index contributed by atoms with van der Waals surface area (Å²) in [5.41, 5.74) is 1.87. The minimum absolute atomic E-state index is 0.378. The van der Waals surface area contributed by atoms with Crippen LogP contribution in [0.1, 0.15) is 31.7 Å². The smallest absolute Gasteiger partial charge is 0.411 e. The van der Waals surface area contributed by atoms with Gasteiger partial charge in [0.2, 0.25) is 0 Å². The van der Waals surface area contributed by atoms with Gasteiger partial charge in [0.05, 0.1) is 5.69 Å². The first-order valence-corrected chi connectivity index (χ1v) is 5.13. The number of para-hydroxylation sites is 1. The largest absolute Gasteiger partial charge is 0.465 e. The van der Waals surface area contributed by atoms with Gasteiger partial charge >= 0.3 is 6.09 Å². The van der Waals surface area contributed by atoms with Crippen molar-refractivity contribution in [3.63, 3.8) is 0 Å². The molecule has 1 amide bonds. The highest BCUT2D eigenvalue weighted by Crippen LogP contribution is 2.28. The maximum atomic E-state index is 10.9. The monoisotopic (exact) mass is 207 g/mol. The average Bonchev–Trinajstić information content (AvgIpc) is 2.27. The van der Waals surface area contributed by atoms with Crippen molar-refractivity contribution in [2.45, 2.75) is 26.2 Å². The van der Waals surface area contributed by atoms with Crippen LogP contribution in [0.25, 0.3) is 0 Å². The zero-order chi connectivity index (χ0) is 11.4. The molecule has 3 nitrogen and oxygen atoms in total. The fourth-order valence-corrected chi connectivity index (χ4v) is 1.53. The van der Waals surface area contributed by atoms with Gasteiger partial charge in [0.1, 0.15) is 0 Å². The number of anilines is 1. The Kier molecular flexibility index (Phi) is 3.72. The van der Waals surface area contributed by atoms with Gasteiger partial charge in [-0.2, -0.15) is 0 Å². The second-order valence-electron chi connectivity index (χ2n) is 3.71. The Balaban J connectivity index is 3.11. The molecule has 3 heteroatoms. The van der Waals surface area contributed by atoms with E-state index in [9.17, 15) is 4.79 Å². The number of carboxylic acid groups (broad SMARTS) is 1. The third-order valence-electron chi connectivity index (χ3n) is 2.73. The number of nitrogens with zero attached hydrogens (tertiary/aromatic N) is 1. The summed E-state index contributed by atoms with van der Waals surface area (Å²) in [5.74, 6) is 0.378. The first-order valence-electron chi connectivity index (χ1n) is 5.13. The van der Waals surface area contributed by atoms with Crippen LogP contribution in [0.3, 0.4) is 0 Å². The fourth-order valence-electron chi connectivity index (χ4n) is 1.53. The molecule has 0 aliphatic rings. The van der Waals surface area contributed by atoms with Crippen molar-refractivity contribution in [2.75, 3.05) is 11.9 Å². The van der Waals surface area contributed by atoms with Gasteiger partial charge in [-0.1, -0.05) is 32.0 Å². The van der Waals surface area contributed by atoms with Crippen molar-refractivity contribution in [1.82, 2.24) is 0 Å². The summed E-state index contributed by atoms with van der Waals surface area (Å²) >= 11 is 0. The Hall–Kier alpha value is -1.51. The quantitative estimate of drug-likeness (QED) is 0.826. The molecular weight excluding hydrogens is 190 g/mol. The van der Waals surface area contributed by atoms with Gasteiger partial charge in [-0.05, 0) is 24.0 Å². The molecule has 0 aliphatic carbocycles. The molecule has 82 valence electrons. The first kappa shape index (κ1) is 11.6. The van der Waals surface area contributed by atoms with Crippen molar-refractivity contribution in [2.24, 2.45) is 0 Å². The molecule has 0 aliphatic heterocycles. The molecule has 1 N–H and O–H groups in total. The number of rotatable bonds is 3. The van der Waals surface area contributed by atoms with Crippen LogP contribution in [0, 0.1) is 0 Å². The topological polar surface area (TPSA) is 40.5 Å². The summed E-state index contributed by atoms with van der Waals surface area (Å²) in [6, 6.07) is 7.64. The van der Waals surface area contributed by atoms with Crippen molar-refractivity contribution in [1.29, 1.82) is 0 Å². The van der Waals surface area contributed by atoms with Gasteiger partial charge in [0.25, 0.3) is 0 Å². The molecule has 0 radical (unpaired) electrons. The minimum atomic E-state index is -0.925. The molecule has 0 fully saturated rings. The van der Waals surface area contributed by atoms with E-state index >= 15 is 0 Å². The van der Waals surface area contributed by atoms with Crippen molar-refractivity contribution in [3.8, 4) is 0 Å². The van der Waals surface area contributed by atoms with Crippen LogP contribution < -0.4 is 4.90 Å². The molecule has 0 saturated heterocycles. The minimum Gasteiger partial charge on any atom is -0.465 e. The fraction of sp³-hybridized carbons (Fsp3) is 0.417. The third kappa shape index (κ3) is 2.49. The summed E-state index contributed by atoms with van der Waals surface area (Å²) in [6.07, 6.45) is 0.0792. The van der Waals surface area contributed by atoms with Gasteiger partial charge in [0, 0.05) is 7.05 Å². The van der Waals surface area contributed by atoms with E-state index in [0.717, 1.165) is 17.7 Å². The number of benzene rings is 1. The van der Waals surface area contributed by atoms with E-state index in [1.807, 2.05) is 24.3 Å². The number of amides is 1. The van der Waals surface area contributed by atoms with Crippen molar-refractivity contribution < 1.29 is 9.90 Å². The number of carbonyl (C=O) groups is 1. The number of hydrogen-bond donors (Lipinski definition) is 1. The first-order chi connectivity index (χ1) is 7.07. The van der Waals surface area contributed by atoms with E-state index in [4.69, 9.17) is 5.11 Å². The lowest BCUT2D eigenvalue weighted by Gasteiger charge is -2.20. The Morgan fingerprint density at radius 1 is 1.47 bits per heavy atom. The summed E-state index contributed by atoms with van der Waals surface area (Å²) < 4.78 is 0. The van der Waals surface area contributed by atoms with E-state index < -0.39 is 6.09 Å². The Bertz CT molecular complexity index is 349. The van der Waals surface area contributed by atoms with Crippen molar-refractivity contribution in [3.05, 3.63) is 29.8 Å². The van der Waals surface area contributed by atoms with E-state index in [1.54, 1.807) is 7.05 Å². The van der Waals surface area contributed by atoms with Gasteiger partial charge in [-0.25, -0.2) is 4.79 Å². The van der Waals surface area contributed by atoms with Crippen LogP contribution in [0.2, 0.25) is 0 Å². The lowest BCUT2D eigenvalue weighted by molar-refractivity contribution is 0.203. The molecular formula is C12H17NO2. The van der Waals surface area contributed by atoms with Crippen LogP contribution in [-0.4, -0.2) is 18.2 Å². The van der Waals surface area contributed by atoms with Crippen LogP contribution >= 0.6 is 0 Å². The van der Waals surface area contributed by atoms with E-state index in [2.05, 4.69) is 13.8 Å². The molecule has 1 atom stereocenters. The Labute approximate surface area is 90.3 Å². The van der Waals surface area contributed by atoms with Gasteiger partial charge in [-0.15, -0.1) is 0 Å². The van der Waals surface area contributed by atoms with Gasteiger partial charge in [-0.3, -0.25) is 4.90 Å². The highest BCUT2D eigenvalue weighted by Gasteiger charge is 2.15. The van der Waals surface area contributed by atoms with E-state index in [-0.39, 0.29) is 0 Å². The van der Waals surface area contributed by atoms with Crippen LogP contribution in [0.5, 0.6) is 0 Å². The summed E-state index contributed by atoms with van der Waals surface area (Å²) in [5, 5.41) is 8.94. The summed E-state index contributed by atoms with van der Waals surface area (Å²) in [4.78, 5) is 12.2. The molecule has 0 spiro atoms. The molecule has 1 aromatic rings. The van der Waals surface area contributed by atoms with Crippen molar-refractivity contribution >= 4 is 11.8 Å². The lowest BCUT2D eigenvalue weighted by atomic mass is 9.96. The summed E-state index contributed by atoms with van der Waals surface area (Å²) in [7, 11) is 1.57. The molecule has 1 rings (SSSR count). The number of hydrogen-bond acceptors (Lipinski definition) is 1. The third-order valence-corrected chi connectivity index (χ3v) is 2.73. The maximum absolute atomic E-state index is 10.9. The van der Waals surface area contributed by atoms with Gasteiger partial charge in [0.15, 0.2) is 0 Å².